The zero-order valence-electron chi connectivity index (χ0n) is 15.7. The lowest BCUT2D eigenvalue weighted by Gasteiger charge is -2.11. The molecule has 0 fully saturated rings. The van der Waals surface area contributed by atoms with Crippen molar-refractivity contribution in [2.75, 3.05) is 11.9 Å². The minimum Gasteiger partial charge on any atom is -0.483 e. The van der Waals surface area contributed by atoms with Crippen LogP contribution in [0.4, 0.5) is 5.69 Å². The molecule has 1 aromatic heterocycles. The van der Waals surface area contributed by atoms with E-state index < -0.39 is 0 Å². The van der Waals surface area contributed by atoms with Crippen LogP contribution >= 0.6 is 11.5 Å². The van der Waals surface area contributed by atoms with E-state index in [0.29, 0.717) is 17.0 Å². The molecule has 0 aliphatic carbocycles. The van der Waals surface area contributed by atoms with Crippen molar-refractivity contribution in [2.45, 2.75) is 6.92 Å². The molecule has 0 saturated heterocycles. The number of nitrogens with one attached hydrogen (secondary N) is 1. The molecule has 0 bridgehead atoms. The summed E-state index contributed by atoms with van der Waals surface area (Å²) in [5.74, 6) is 0.364. The van der Waals surface area contributed by atoms with Gasteiger partial charge in [-0.15, -0.1) is 0 Å². The van der Waals surface area contributed by atoms with E-state index in [4.69, 9.17) is 10.00 Å². The predicted molar refractivity (Wildman–Crippen MR) is 115 cm³/mol. The Morgan fingerprint density at radius 1 is 1.14 bits per heavy atom. The van der Waals surface area contributed by atoms with Crippen LogP contribution < -0.4 is 10.1 Å². The van der Waals surface area contributed by atoms with Crippen molar-refractivity contribution in [1.82, 2.24) is 4.37 Å². The summed E-state index contributed by atoms with van der Waals surface area (Å²) in [5.41, 5.74) is 3.96. The van der Waals surface area contributed by atoms with Crippen LogP contribution in [0.5, 0.6) is 5.75 Å². The average Bonchev–Trinajstić information content (AvgIpc) is 3.17. The molecule has 0 aliphatic rings. The molecule has 5 nitrogen and oxygen atoms in total. The van der Waals surface area contributed by atoms with Crippen LogP contribution in [0.3, 0.4) is 0 Å². The van der Waals surface area contributed by atoms with Crippen LogP contribution in [-0.2, 0) is 4.79 Å². The van der Waals surface area contributed by atoms with Crippen molar-refractivity contribution in [1.29, 1.82) is 5.26 Å². The second kappa shape index (κ2) is 8.13. The summed E-state index contributed by atoms with van der Waals surface area (Å²) in [6, 6.07) is 22.8. The fourth-order valence-electron chi connectivity index (χ4n) is 3.06. The van der Waals surface area contributed by atoms with Crippen LogP contribution in [0.15, 0.2) is 66.7 Å². The molecule has 1 N–H and O–H groups in total. The second-order valence-electron chi connectivity index (χ2n) is 6.54. The maximum atomic E-state index is 12.2. The van der Waals surface area contributed by atoms with Crippen molar-refractivity contribution in [3.05, 3.63) is 77.9 Å². The minimum absolute atomic E-state index is 0.114. The van der Waals surface area contributed by atoms with E-state index in [0.717, 1.165) is 26.9 Å². The van der Waals surface area contributed by atoms with E-state index in [1.807, 2.05) is 43.3 Å². The number of carbonyl (C=O) groups excluding carboxylic acids is 1. The highest BCUT2D eigenvalue weighted by Gasteiger charge is 2.11. The Bertz CT molecular complexity index is 1240. The second-order valence-corrected chi connectivity index (χ2v) is 7.34. The van der Waals surface area contributed by atoms with Crippen LogP contribution in [-0.4, -0.2) is 16.9 Å². The number of hydrogen-bond acceptors (Lipinski definition) is 5. The molecule has 142 valence electrons. The standard InChI is InChI=1S/C23H17N3O2S/c1-15-11-17(23-19-7-2-3-8-21(19)29-26-23)9-10-20(15)28-14-22(27)25-18-6-4-5-16(12-18)13-24/h2-12H,14H2,1H3,(H,25,27). The van der Waals surface area contributed by atoms with Gasteiger partial charge in [0, 0.05) is 16.6 Å². The maximum Gasteiger partial charge on any atom is 0.262 e. The first-order chi connectivity index (χ1) is 14.1. The number of amides is 1. The Hall–Kier alpha value is -3.69. The highest BCUT2D eigenvalue weighted by Crippen LogP contribution is 2.32. The molecular weight excluding hydrogens is 382 g/mol. The van der Waals surface area contributed by atoms with Crippen LogP contribution in [0.2, 0.25) is 0 Å². The highest BCUT2D eigenvalue weighted by atomic mass is 32.1. The fourth-order valence-corrected chi connectivity index (χ4v) is 3.86. The molecule has 6 heteroatoms. The third-order valence-electron chi connectivity index (χ3n) is 4.46. The van der Waals surface area contributed by atoms with Crippen molar-refractivity contribution in [2.24, 2.45) is 0 Å². The molecule has 0 saturated carbocycles. The van der Waals surface area contributed by atoms with Crippen molar-refractivity contribution in [3.8, 4) is 23.1 Å². The normalized spacial score (nSPS) is 10.5. The van der Waals surface area contributed by atoms with Gasteiger partial charge in [-0.2, -0.15) is 9.64 Å². The quantitative estimate of drug-likeness (QED) is 0.503. The SMILES string of the molecule is Cc1cc(-c2nsc3ccccc23)ccc1OCC(=O)Nc1cccc(C#N)c1. The summed E-state index contributed by atoms with van der Waals surface area (Å²) >= 11 is 1.48. The molecule has 0 unspecified atom stereocenters. The first-order valence-corrected chi connectivity index (χ1v) is 9.79. The lowest BCUT2D eigenvalue weighted by Crippen LogP contribution is -2.20. The number of aromatic nitrogens is 1. The molecule has 3 aromatic carbocycles. The first-order valence-electron chi connectivity index (χ1n) is 9.02. The minimum atomic E-state index is -0.283. The number of carbonyl (C=O) groups is 1. The number of aryl methyl sites for hydroxylation is 1. The summed E-state index contributed by atoms with van der Waals surface area (Å²) in [5, 5.41) is 12.8. The molecule has 0 radical (unpaired) electrons. The van der Waals surface area contributed by atoms with Gasteiger partial charge >= 0.3 is 0 Å². The molecule has 0 aliphatic heterocycles. The summed E-state index contributed by atoms with van der Waals surface area (Å²) in [6.07, 6.45) is 0. The van der Waals surface area contributed by atoms with E-state index >= 15 is 0 Å². The first kappa shape index (κ1) is 18.7. The molecule has 0 atom stereocenters. The zero-order valence-corrected chi connectivity index (χ0v) is 16.5. The van der Waals surface area contributed by atoms with Gasteiger partial charge in [0.25, 0.3) is 5.91 Å². The van der Waals surface area contributed by atoms with E-state index in [1.165, 1.54) is 11.5 Å². The van der Waals surface area contributed by atoms with Crippen LogP contribution in [0.25, 0.3) is 21.3 Å². The van der Waals surface area contributed by atoms with Gasteiger partial charge in [-0.3, -0.25) is 4.79 Å². The fraction of sp³-hybridized carbons (Fsp3) is 0.0870. The predicted octanol–water partition coefficient (Wildman–Crippen LogP) is 5.16. The molecular formula is C23H17N3O2S. The molecule has 4 aromatic rings. The van der Waals surface area contributed by atoms with Crippen LogP contribution in [0.1, 0.15) is 11.1 Å². The smallest absolute Gasteiger partial charge is 0.262 e. The Kier molecular flexibility index (Phi) is 5.23. The number of nitriles is 1. The number of hydrogen-bond donors (Lipinski definition) is 1. The summed E-state index contributed by atoms with van der Waals surface area (Å²) in [6.45, 7) is 1.83. The summed E-state index contributed by atoms with van der Waals surface area (Å²) in [4.78, 5) is 12.2. The van der Waals surface area contributed by atoms with E-state index in [2.05, 4.69) is 21.8 Å². The average molecular weight is 399 g/mol. The Morgan fingerprint density at radius 3 is 2.83 bits per heavy atom. The van der Waals surface area contributed by atoms with Gasteiger partial charge in [0.05, 0.1) is 22.0 Å². The van der Waals surface area contributed by atoms with Gasteiger partial charge in [0.15, 0.2) is 6.61 Å². The number of rotatable bonds is 5. The van der Waals surface area contributed by atoms with Gasteiger partial charge in [-0.25, -0.2) is 0 Å². The summed E-state index contributed by atoms with van der Waals surface area (Å²) in [7, 11) is 0. The highest BCUT2D eigenvalue weighted by molar-refractivity contribution is 7.13. The summed E-state index contributed by atoms with van der Waals surface area (Å²) < 4.78 is 11.4. The van der Waals surface area contributed by atoms with E-state index in [1.54, 1.807) is 24.3 Å². The van der Waals surface area contributed by atoms with Gasteiger partial charge in [0.1, 0.15) is 5.75 Å². The third-order valence-corrected chi connectivity index (χ3v) is 5.29. The maximum absolute atomic E-state index is 12.2. The van der Waals surface area contributed by atoms with E-state index in [-0.39, 0.29) is 12.5 Å². The lowest BCUT2D eigenvalue weighted by atomic mass is 10.1. The van der Waals surface area contributed by atoms with Gasteiger partial charge in [-0.05, 0) is 66.5 Å². The van der Waals surface area contributed by atoms with Gasteiger partial charge < -0.3 is 10.1 Å². The van der Waals surface area contributed by atoms with Crippen molar-refractivity contribution >= 4 is 33.2 Å². The number of nitrogens with zero attached hydrogens (tertiary/aromatic N) is 2. The zero-order chi connectivity index (χ0) is 20.2. The molecule has 1 heterocycles. The monoisotopic (exact) mass is 399 g/mol. The number of ether oxygens (including phenoxy) is 1. The molecule has 4 rings (SSSR count). The number of fused-ring (bicyclic) bond motifs is 1. The Labute approximate surface area is 172 Å². The van der Waals surface area contributed by atoms with Crippen LogP contribution in [0, 0.1) is 18.3 Å². The van der Waals surface area contributed by atoms with Gasteiger partial charge in [-0.1, -0.05) is 24.3 Å². The number of benzene rings is 3. The molecule has 0 spiro atoms. The molecule has 29 heavy (non-hydrogen) atoms. The van der Waals surface area contributed by atoms with Crippen molar-refractivity contribution in [3.63, 3.8) is 0 Å². The van der Waals surface area contributed by atoms with Crippen molar-refractivity contribution < 1.29 is 9.53 Å². The lowest BCUT2D eigenvalue weighted by molar-refractivity contribution is -0.118. The van der Waals surface area contributed by atoms with Gasteiger partial charge in [0.2, 0.25) is 0 Å². The Morgan fingerprint density at radius 2 is 2.00 bits per heavy atom. The topological polar surface area (TPSA) is 75.0 Å². The number of anilines is 1. The Balaban J connectivity index is 1.44. The molecule has 1 amide bonds. The van der Waals surface area contributed by atoms with E-state index in [9.17, 15) is 4.79 Å². The third kappa shape index (κ3) is 4.10. The largest absolute Gasteiger partial charge is 0.483 e.